The number of nitrogens with zero attached hydrogens (tertiary/aromatic N) is 2. The first-order valence-corrected chi connectivity index (χ1v) is 11.6. The second-order valence-electron chi connectivity index (χ2n) is 9.25. The molecule has 1 saturated carbocycles. The summed E-state index contributed by atoms with van der Waals surface area (Å²) in [6.45, 7) is 7.33. The maximum atomic E-state index is 13.3. The molecular formula is C28H34N3O+. The Morgan fingerprint density at radius 1 is 1.06 bits per heavy atom. The SMILES string of the molecule is CC(C)=CC[n+]1ccn([C@@H]2CC[C@H](C(C(N)=O)(c3ccccc3)c3ccccc3)C2)c1C. The molecule has 4 heteroatoms. The van der Waals surface area contributed by atoms with E-state index < -0.39 is 5.41 Å². The Morgan fingerprint density at radius 2 is 1.66 bits per heavy atom. The summed E-state index contributed by atoms with van der Waals surface area (Å²) in [5, 5.41) is 0. The van der Waals surface area contributed by atoms with Crippen molar-refractivity contribution >= 4 is 5.91 Å². The molecule has 0 spiro atoms. The van der Waals surface area contributed by atoms with Crippen LogP contribution in [0.1, 0.15) is 56.1 Å². The highest BCUT2D eigenvalue weighted by molar-refractivity contribution is 5.91. The quantitative estimate of drug-likeness (QED) is 0.424. The van der Waals surface area contributed by atoms with Crippen LogP contribution in [-0.4, -0.2) is 10.5 Å². The molecular weight excluding hydrogens is 394 g/mol. The molecule has 0 bridgehead atoms. The summed E-state index contributed by atoms with van der Waals surface area (Å²) in [6.07, 6.45) is 9.53. The normalized spacial score (nSPS) is 18.5. The lowest BCUT2D eigenvalue weighted by Gasteiger charge is -2.37. The lowest BCUT2D eigenvalue weighted by atomic mass is 9.64. The molecule has 1 aliphatic carbocycles. The van der Waals surface area contributed by atoms with E-state index in [1.807, 2.05) is 36.4 Å². The van der Waals surface area contributed by atoms with Gasteiger partial charge in [0.2, 0.25) is 5.91 Å². The zero-order valence-corrected chi connectivity index (χ0v) is 19.4. The van der Waals surface area contributed by atoms with Gasteiger partial charge >= 0.3 is 0 Å². The van der Waals surface area contributed by atoms with Crippen LogP contribution in [0.4, 0.5) is 0 Å². The molecule has 0 radical (unpaired) electrons. The summed E-state index contributed by atoms with van der Waals surface area (Å²) in [5.41, 5.74) is 8.73. The molecule has 4 nitrogen and oxygen atoms in total. The number of carbonyl (C=O) groups excluding carboxylic acids is 1. The number of amides is 1. The number of carbonyl (C=O) groups is 1. The molecule has 32 heavy (non-hydrogen) atoms. The molecule has 3 aromatic rings. The van der Waals surface area contributed by atoms with Crippen molar-refractivity contribution in [3.05, 3.63) is 102 Å². The van der Waals surface area contributed by atoms with Crippen LogP contribution in [0.25, 0.3) is 0 Å². The maximum Gasteiger partial charge on any atom is 0.253 e. The van der Waals surface area contributed by atoms with Crippen molar-refractivity contribution in [2.75, 3.05) is 0 Å². The molecule has 0 aliphatic heterocycles. The van der Waals surface area contributed by atoms with E-state index in [-0.39, 0.29) is 11.8 Å². The highest BCUT2D eigenvalue weighted by Crippen LogP contribution is 2.49. The van der Waals surface area contributed by atoms with Crippen molar-refractivity contribution in [1.82, 2.24) is 4.57 Å². The monoisotopic (exact) mass is 428 g/mol. The number of imidazole rings is 1. The van der Waals surface area contributed by atoms with Crippen molar-refractivity contribution in [1.29, 1.82) is 0 Å². The summed E-state index contributed by atoms with van der Waals surface area (Å²) in [5.74, 6) is 1.13. The molecule has 2 atom stereocenters. The van der Waals surface area contributed by atoms with E-state index in [1.54, 1.807) is 0 Å². The topological polar surface area (TPSA) is 51.9 Å². The largest absolute Gasteiger partial charge is 0.369 e. The van der Waals surface area contributed by atoms with Gasteiger partial charge in [-0.05, 0) is 56.2 Å². The smallest absolute Gasteiger partial charge is 0.253 e. The van der Waals surface area contributed by atoms with Crippen molar-refractivity contribution < 1.29 is 9.36 Å². The van der Waals surface area contributed by atoms with Gasteiger partial charge in [-0.15, -0.1) is 0 Å². The van der Waals surface area contributed by atoms with Gasteiger partial charge in [-0.2, -0.15) is 0 Å². The highest BCUT2D eigenvalue weighted by Gasteiger charge is 2.51. The zero-order chi connectivity index (χ0) is 22.7. The van der Waals surface area contributed by atoms with Gasteiger partial charge in [0.1, 0.15) is 30.4 Å². The summed E-state index contributed by atoms with van der Waals surface area (Å²) in [4.78, 5) is 13.3. The summed E-state index contributed by atoms with van der Waals surface area (Å²) in [6, 6.07) is 20.6. The summed E-state index contributed by atoms with van der Waals surface area (Å²) >= 11 is 0. The predicted octanol–water partition coefficient (Wildman–Crippen LogP) is 4.86. The Hall–Kier alpha value is -3.14. The van der Waals surface area contributed by atoms with Gasteiger partial charge in [-0.3, -0.25) is 4.79 Å². The van der Waals surface area contributed by atoms with E-state index in [9.17, 15) is 4.79 Å². The molecule has 0 unspecified atom stereocenters. The molecule has 1 aromatic heterocycles. The van der Waals surface area contributed by atoms with Crippen LogP contribution in [0.5, 0.6) is 0 Å². The Bertz CT molecular complexity index is 1050. The third-order valence-electron chi connectivity index (χ3n) is 7.15. The van der Waals surface area contributed by atoms with Crippen LogP contribution >= 0.6 is 0 Å². The number of allylic oxidation sites excluding steroid dienone is 2. The number of aromatic nitrogens is 2. The first-order valence-electron chi connectivity index (χ1n) is 11.6. The number of rotatable bonds is 7. The van der Waals surface area contributed by atoms with Gasteiger partial charge in [0, 0.05) is 6.92 Å². The fraction of sp³-hybridized carbons (Fsp3) is 0.357. The van der Waals surface area contributed by atoms with E-state index in [1.165, 1.54) is 11.4 Å². The highest BCUT2D eigenvalue weighted by atomic mass is 16.1. The van der Waals surface area contributed by atoms with Crippen LogP contribution in [0.2, 0.25) is 0 Å². The minimum atomic E-state index is -0.823. The van der Waals surface area contributed by atoms with E-state index in [0.717, 1.165) is 36.9 Å². The van der Waals surface area contributed by atoms with Crippen LogP contribution in [0, 0.1) is 12.8 Å². The van der Waals surface area contributed by atoms with Crippen LogP contribution in [0.15, 0.2) is 84.7 Å². The van der Waals surface area contributed by atoms with E-state index in [2.05, 4.69) is 72.6 Å². The minimum absolute atomic E-state index is 0.142. The lowest BCUT2D eigenvalue weighted by molar-refractivity contribution is -0.692. The fourth-order valence-corrected chi connectivity index (χ4v) is 5.51. The maximum absolute atomic E-state index is 13.3. The minimum Gasteiger partial charge on any atom is -0.369 e. The second-order valence-corrected chi connectivity index (χ2v) is 9.25. The second kappa shape index (κ2) is 9.15. The molecule has 166 valence electrons. The third kappa shape index (κ3) is 3.90. The van der Waals surface area contributed by atoms with Gasteiger partial charge in [-0.25, -0.2) is 9.13 Å². The zero-order valence-electron chi connectivity index (χ0n) is 19.4. The first-order chi connectivity index (χ1) is 15.4. The molecule has 2 aromatic carbocycles. The number of benzene rings is 2. The third-order valence-corrected chi connectivity index (χ3v) is 7.15. The molecule has 1 fully saturated rings. The average molecular weight is 429 g/mol. The molecule has 2 N–H and O–H groups in total. The first kappa shape index (κ1) is 22.1. The lowest BCUT2D eigenvalue weighted by Crippen LogP contribution is -2.47. The standard InChI is InChI=1S/C28H33N3O/c1-21(2)16-17-30-18-19-31(22(30)3)26-15-14-25(20-26)28(27(29)32,23-10-6-4-7-11-23)24-12-8-5-9-13-24/h4-13,16,18-19,25-26H,14-15,17,20H2,1-3H3,(H-,29,32)/p+1/t25-,26+/m0/s1. The van der Waals surface area contributed by atoms with E-state index >= 15 is 0 Å². The summed E-state index contributed by atoms with van der Waals surface area (Å²) in [7, 11) is 0. The van der Waals surface area contributed by atoms with Crippen LogP contribution in [0.3, 0.4) is 0 Å². The Labute approximate surface area is 191 Å². The molecule has 4 rings (SSSR count). The predicted molar refractivity (Wildman–Crippen MR) is 128 cm³/mol. The van der Waals surface area contributed by atoms with Crippen molar-refractivity contribution in [2.24, 2.45) is 11.7 Å². The van der Waals surface area contributed by atoms with Crippen molar-refractivity contribution in [2.45, 2.75) is 58.0 Å². The number of hydrogen-bond donors (Lipinski definition) is 1. The molecule has 0 saturated heterocycles. The van der Waals surface area contributed by atoms with Crippen molar-refractivity contribution in [3.63, 3.8) is 0 Å². The Kier molecular flexibility index (Phi) is 6.31. The average Bonchev–Trinajstić information content (AvgIpc) is 3.41. The molecule has 1 aliphatic rings. The molecule has 1 heterocycles. The van der Waals surface area contributed by atoms with Crippen LogP contribution < -0.4 is 10.3 Å². The van der Waals surface area contributed by atoms with Gasteiger partial charge in [-0.1, -0.05) is 66.2 Å². The number of primary amides is 1. The Morgan fingerprint density at radius 3 is 2.19 bits per heavy atom. The van der Waals surface area contributed by atoms with E-state index in [4.69, 9.17) is 5.73 Å². The molecule has 1 amide bonds. The number of hydrogen-bond acceptors (Lipinski definition) is 1. The van der Waals surface area contributed by atoms with Crippen molar-refractivity contribution in [3.8, 4) is 0 Å². The fourth-order valence-electron chi connectivity index (χ4n) is 5.51. The van der Waals surface area contributed by atoms with Gasteiger partial charge < -0.3 is 5.73 Å². The number of nitrogens with two attached hydrogens (primary N) is 1. The van der Waals surface area contributed by atoms with Gasteiger partial charge in [0.05, 0.1) is 0 Å². The van der Waals surface area contributed by atoms with Crippen LogP contribution in [-0.2, 0) is 16.8 Å². The summed E-state index contributed by atoms with van der Waals surface area (Å²) < 4.78 is 4.68. The van der Waals surface area contributed by atoms with Gasteiger partial charge in [0.15, 0.2) is 0 Å². The van der Waals surface area contributed by atoms with E-state index in [0.29, 0.717) is 6.04 Å². The van der Waals surface area contributed by atoms with Gasteiger partial charge in [0.25, 0.3) is 5.82 Å². The Balaban J connectivity index is 1.71.